The van der Waals surface area contributed by atoms with Crippen LogP contribution in [0.3, 0.4) is 0 Å². The van der Waals surface area contributed by atoms with Crippen molar-refractivity contribution >= 4 is 35.9 Å². The van der Waals surface area contributed by atoms with Crippen molar-refractivity contribution in [2.75, 3.05) is 6.54 Å². The molecular formula is C22H42N8O5. The number of nitrogens with one attached hydrogen (secondary N) is 3. The number of amides is 4. The number of hydrogen-bond donors (Lipinski definition) is 7. The molecule has 13 heteroatoms. The molecule has 0 rings (SSSR count). The maximum atomic E-state index is 13.0. The van der Waals surface area contributed by atoms with Crippen LogP contribution in [0.25, 0.3) is 0 Å². The van der Waals surface area contributed by atoms with Crippen molar-refractivity contribution in [3.63, 3.8) is 0 Å². The third kappa shape index (κ3) is 14.6. The lowest BCUT2D eigenvalue weighted by Gasteiger charge is -2.26. The number of aldehydes is 1. The van der Waals surface area contributed by atoms with E-state index in [4.69, 9.17) is 22.9 Å². The molecule has 0 aliphatic rings. The van der Waals surface area contributed by atoms with Crippen molar-refractivity contribution in [3.8, 4) is 0 Å². The predicted octanol–water partition coefficient (Wildman–Crippen LogP) is -2.01. The number of primary amides is 1. The first-order valence-electron chi connectivity index (χ1n) is 11.7. The molecule has 0 radical (unpaired) electrons. The summed E-state index contributed by atoms with van der Waals surface area (Å²) in [5.74, 6) is -2.52. The van der Waals surface area contributed by atoms with E-state index in [2.05, 4.69) is 20.9 Å². The molecule has 0 bridgehead atoms. The van der Waals surface area contributed by atoms with Gasteiger partial charge in [0.25, 0.3) is 0 Å². The summed E-state index contributed by atoms with van der Waals surface area (Å²) in [7, 11) is 0. The van der Waals surface area contributed by atoms with Crippen LogP contribution in [-0.2, 0) is 24.0 Å². The number of guanidine groups is 1. The van der Waals surface area contributed by atoms with E-state index < -0.39 is 47.8 Å². The molecular weight excluding hydrogens is 456 g/mol. The Kier molecular flexibility index (Phi) is 14.9. The Hall–Kier alpha value is -3.22. The van der Waals surface area contributed by atoms with Gasteiger partial charge in [0.05, 0.1) is 18.5 Å². The zero-order valence-corrected chi connectivity index (χ0v) is 21.1. The molecule has 0 heterocycles. The van der Waals surface area contributed by atoms with E-state index in [0.29, 0.717) is 32.1 Å². The van der Waals surface area contributed by atoms with Gasteiger partial charge in [-0.3, -0.25) is 24.2 Å². The summed E-state index contributed by atoms with van der Waals surface area (Å²) in [6, 6.07) is -3.89. The second kappa shape index (κ2) is 16.4. The molecule has 11 N–H and O–H groups in total. The smallest absolute Gasteiger partial charge is 0.243 e. The van der Waals surface area contributed by atoms with E-state index in [-0.39, 0.29) is 30.6 Å². The minimum atomic E-state index is -1.20. The van der Waals surface area contributed by atoms with Crippen LogP contribution in [0.1, 0.15) is 59.8 Å². The first-order chi connectivity index (χ1) is 16.3. The number of nitrogens with zero attached hydrogens (tertiary/aromatic N) is 1. The van der Waals surface area contributed by atoms with Crippen molar-refractivity contribution in [1.82, 2.24) is 16.0 Å². The highest BCUT2D eigenvalue weighted by atomic mass is 16.2. The fraction of sp³-hybridized carbons (Fsp3) is 0.727. The first-order valence-corrected chi connectivity index (χ1v) is 11.7. The molecule has 35 heavy (non-hydrogen) atoms. The molecule has 0 aromatic carbocycles. The topological polar surface area (TPSA) is 238 Å². The molecule has 0 spiro atoms. The van der Waals surface area contributed by atoms with Crippen LogP contribution in [-0.4, -0.2) is 66.6 Å². The van der Waals surface area contributed by atoms with Crippen molar-refractivity contribution in [3.05, 3.63) is 0 Å². The predicted molar refractivity (Wildman–Crippen MR) is 132 cm³/mol. The average molecular weight is 499 g/mol. The van der Waals surface area contributed by atoms with Gasteiger partial charge in [-0.15, -0.1) is 0 Å². The summed E-state index contributed by atoms with van der Waals surface area (Å²) < 4.78 is 0. The molecule has 13 nitrogen and oxygen atoms in total. The van der Waals surface area contributed by atoms with Gasteiger partial charge in [-0.25, -0.2) is 0 Å². The Morgan fingerprint density at radius 1 is 0.829 bits per heavy atom. The lowest BCUT2D eigenvalue weighted by Crippen LogP contribution is -2.57. The summed E-state index contributed by atoms with van der Waals surface area (Å²) in [6.07, 6.45) is 1.62. The number of aliphatic imine (C=N–C) groups is 1. The molecule has 0 unspecified atom stereocenters. The minimum absolute atomic E-state index is 0.0282. The van der Waals surface area contributed by atoms with Gasteiger partial charge in [-0.05, 0) is 37.5 Å². The van der Waals surface area contributed by atoms with Gasteiger partial charge < -0.3 is 43.7 Å². The van der Waals surface area contributed by atoms with Gasteiger partial charge in [0.15, 0.2) is 5.96 Å². The van der Waals surface area contributed by atoms with E-state index in [1.165, 1.54) is 0 Å². The number of carbonyl (C=O) groups is 5. The van der Waals surface area contributed by atoms with Crippen LogP contribution in [0.15, 0.2) is 4.99 Å². The summed E-state index contributed by atoms with van der Waals surface area (Å²) in [5, 5.41) is 7.86. The Bertz CT molecular complexity index is 752. The van der Waals surface area contributed by atoms with Crippen molar-refractivity contribution in [2.45, 2.75) is 84.0 Å². The highest BCUT2D eigenvalue weighted by molar-refractivity contribution is 5.94. The Morgan fingerprint density at radius 2 is 1.31 bits per heavy atom. The molecule has 0 aliphatic carbocycles. The number of nitrogens with two attached hydrogens (primary N) is 4. The fourth-order valence-corrected chi connectivity index (χ4v) is 3.24. The molecule has 0 fully saturated rings. The molecule has 200 valence electrons. The number of hydrogen-bond acceptors (Lipinski definition) is 7. The maximum absolute atomic E-state index is 13.0. The van der Waals surface area contributed by atoms with Crippen molar-refractivity contribution < 1.29 is 24.0 Å². The van der Waals surface area contributed by atoms with Crippen LogP contribution < -0.4 is 38.9 Å². The SMILES string of the molecule is CC(C)C[C@H](NC(=O)[C@H](CC(C)C)NC(=O)[C@@H](N)CC(N)=O)C(=O)N[C@H](C=O)CCCN=C(N)N. The summed E-state index contributed by atoms with van der Waals surface area (Å²) in [6.45, 7) is 7.81. The third-order valence-corrected chi connectivity index (χ3v) is 4.90. The Labute approximate surface area is 206 Å². The zero-order valence-electron chi connectivity index (χ0n) is 21.1. The molecule has 0 saturated heterocycles. The zero-order chi connectivity index (χ0) is 27.1. The van der Waals surface area contributed by atoms with Gasteiger partial charge in [0, 0.05) is 6.54 Å². The summed E-state index contributed by atoms with van der Waals surface area (Å²) in [5.41, 5.74) is 21.3. The van der Waals surface area contributed by atoms with Gasteiger partial charge in [-0.1, -0.05) is 27.7 Å². The Morgan fingerprint density at radius 3 is 1.74 bits per heavy atom. The van der Waals surface area contributed by atoms with Gasteiger partial charge >= 0.3 is 0 Å². The molecule has 4 amide bonds. The van der Waals surface area contributed by atoms with E-state index in [1.54, 1.807) is 0 Å². The molecule has 0 aromatic heterocycles. The molecule has 0 saturated carbocycles. The monoisotopic (exact) mass is 498 g/mol. The van der Waals surface area contributed by atoms with Gasteiger partial charge in [0.2, 0.25) is 23.6 Å². The van der Waals surface area contributed by atoms with E-state index >= 15 is 0 Å². The van der Waals surface area contributed by atoms with Crippen LogP contribution in [0.2, 0.25) is 0 Å². The number of rotatable bonds is 17. The highest BCUT2D eigenvalue weighted by Gasteiger charge is 2.30. The minimum Gasteiger partial charge on any atom is -0.370 e. The molecule has 0 aromatic rings. The second-order valence-corrected chi connectivity index (χ2v) is 9.36. The fourth-order valence-electron chi connectivity index (χ4n) is 3.24. The van der Waals surface area contributed by atoms with Crippen LogP contribution in [0, 0.1) is 11.8 Å². The highest BCUT2D eigenvalue weighted by Crippen LogP contribution is 2.10. The van der Waals surface area contributed by atoms with E-state index in [9.17, 15) is 24.0 Å². The van der Waals surface area contributed by atoms with Gasteiger partial charge in [-0.2, -0.15) is 0 Å². The molecule has 4 atom stereocenters. The van der Waals surface area contributed by atoms with Crippen molar-refractivity contribution in [2.24, 2.45) is 39.8 Å². The third-order valence-electron chi connectivity index (χ3n) is 4.90. The van der Waals surface area contributed by atoms with Crippen LogP contribution in [0.5, 0.6) is 0 Å². The Balaban J connectivity index is 5.36. The molecule has 0 aliphatic heterocycles. The summed E-state index contributed by atoms with van der Waals surface area (Å²) >= 11 is 0. The lowest BCUT2D eigenvalue weighted by molar-refractivity contribution is -0.134. The van der Waals surface area contributed by atoms with Crippen LogP contribution >= 0.6 is 0 Å². The normalized spacial score (nSPS) is 14.4. The standard InChI is InChI=1S/C22H42N8O5/c1-12(2)8-16(20(34)28-14(11-31)6-5-7-27-22(25)26)30-21(35)17(9-13(3)4)29-19(33)15(23)10-18(24)32/h11-17H,5-10,23H2,1-4H3,(H2,24,32)(H,28,34)(H,29,33)(H,30,35)(H4,25,26,27)/t14-,15-,16-,17-/m0/s1. The van der Waals surface area contributed by atoms with Crippen molar-refractivity contribution in [1.29, 1.82) is 0 Å². The maximum Gasteiger partial charge on any atom is 0.243 e. The quantitative estimate of drug-likeness (QED) is 0.0510. The van der Waals surface area contributed by atoms with Crippen LogP contribution in [0.4, 0.5) is 0 Å². The average Bonchev–Trinajstić information content (AvgIpc) is 2.73. The van der Waals surface area contributed by atoms with Gasteiger partial charge in [0.1, 0.15) is 18.4 Å². The van der Waals surface area contributed by atoms with E-state index in [1.807, 2.05) is 27.7 Å². The van der Waals surface area contributed by atoms with E-state index in [0.717, 1.165) is 0 Å². The summed E-state index contributed by atoms with van der Waals surface area (Å²) in [4.78, 5) is 64.6. The number of carbonyl (C=O) groups excluding carboxylic acids is 5. The first kappa shape index (κ1) is 31.8. The lowest BCUT2D eigenvalue weighted by atomic mass is 9.99. The largest absolute Gasteiger partial charge is 0.370 e. The second-order valence-electron chi connectivity index (χ2n) is 9.36.